The molecule has 0 aliphatic rings. The molecule has 0 spiro atoms. The zero-order chi connectivity index (χ0) is 13.9. The molecule has 0 bridgehead atoms. The van der Waals surface area contributed by atoms with E-state index in [9.17, 15) is 8.42 Å². The van der Waals surface area contributed by atoms with E-state index < -0.39 is 15.9 Å². The van der Waals surface area contributed by atoms with Crippen molar-refractivity contribution in [3.8, 4) is 5.75 Å². The van der Waals surface area contributed by atoms with E-state index in [2.05, 4.69) is 0 Å². The first-order chi connectivity index (χ1) is 9.03. The van der Waals surface area contributed by atoms with E-state index in [1.807, 2.05) is 0 Å². The van der Waals surface area contributed by atoms with Gasteiger partial charge in [-0.05, 0) is 29.1 Å². The van der Waals surface area contributed by atoms with Crippen LogP contribution in [0.1, 0.15) is 11.6 Å². The lowest BCUT2D eigenvalue weighted by atomic mass is 10.1. The number of sulfone groups is 1. The molecule has 1 atom stereocenters. The quantitative estimate of drug-likeness (QED) is 0.919. The Kier molecular flexibility index (Phi) is 4.24. The van der Waals surface area contributed by atoms with Crippen LogP contribution in [0.4, 0.5) is 0 Å². The van der Waals surface area contributed by atoms with Gasteiger partial charge in [0.2, 0.25) is 0 Å². The van der Waals surface area contributed by atoms with Gasteiger partial charge in [0, 0.05) is 6.04 Å². The molecule has 1 heterocycles. The van der Waals surface area contributed by atoms with E-state index in [0.29, 0.717) is 9.96 Å². The van der Waals surface area contributed by atoms with Crippen molar-refractivity contribution in [1.29, 1.82) is 0 Å². The topological polar surface area (TPSA) is 69.4 Å². The Bertz CT molecular complexity index is 636. The second-order valence-electron chi connectivity index (χ2n) is 4.10. The minimum Gasteiger partial charge on any atom is -0.497 e. The largest absolute Gasteiger partial charge is 0.497 e. The summed E-state index contributed by atoms with van der Waals surface area (Å²) in [5, 5.41) is 1.74. The number of hydrogen-bond acceptors (Lipinski definition) is 5. The fourth-order valence-electron chi connectivity index (χ4n) is 1.73. The lowest BCUT2D eigenvalue weighted by molar-refractivity contribution is 0.414. The summed E-state index contributed by atoms with van der Waals surface area (Å²) in [5.41, 5.74) is 6.73. The van der Waals surface area contributed by atoms with Gasteiger partial charge in [0.05, 0.1) is 12.9 Å². The fraction of sp³-hybridized carbons (Fsp3) is 0.231. The SMILES string of the molecule is COc1cccc(C(N)CS(=O)(=O)c2cccs2)c1. The number of methoxy groups -OCH3 is 1. The second kappa shape index (κ2) is 5.73. The third-order valence-corrected chi connectivity index (χ3v) is 5.98. The molecule has 0 aliphatic carbocycles. The van der Waals surface area contributed by atoms with Gasteiger partial charge < -0.3 is 10.5 Å². The highest BCUT2D eigenvalue weighted by molar-refractivity contribution is 7.93. The van der Waals surface area contributed by atoms with Gasteiger partial charge in [0.15, 0.2) is 9.84 Å². The van der Waals surface area contributed by atoms with Crippen molar-refractivity contribution < 1.29 is 13.2 Å². The first-order valence-corrected chi connectivity index (χ1v) is 8.22. The summed E-state index contributed by atoms with van der Waals surface area (Å²) in [7, 11) is -1.77. The highest BCUT2D eigenvalue weighted by atomic mass is 32.2. The Morgan fingerprint density at radius 3 is 2.74 bits per heavy atom. The van der Waals surface area contributed by atoms with Crippen molar-refractivity contribution in [2.24, 2.45) is 5.73 Å². The summed E-state index contributed by atoms with van der Waals surface area (Å²) in [6.45, 7) is 0. The lowest BCUT2D eigenvalue weighted by Gasteiger charge is -2.12. The fourth-order valence-corrected chi connectivity index (χ4v) is 4.25. The van der Waals surface area contributed by atoms with E-state index in [1.54, 1.807) is 48.9 Å². The predicted molar refractivity (Wildman–Crippen MR) is 76.3 cm³/mol. The number of thiophene rings is 1. The van der Waals surface area contributed by atoms with Crippen LogP contribution < -0.4 is 10.5 Å². The van der Waals surface area contributed by atoms with Crippen molar-refractivity contribution in [2.45, 2.75) is 10.3 Å². The first kappa shape index (κ1) is 14.0. The third-order valence-electron chi connectivity index (χ3n) is 2.72. The van der Waals surface area contributed by atoms with Crippen LogP contribution in [0.3, 0.4) is 0 Å². The van der Waals surface area contributed by atoms with Gasteiger partial charge in [0.1, 0.15) is 9.96 Å². The summed E-state index contributed by atoms with van der Waals surface area (Å²) in [6.07, 6.45) is 0. The van der Waals surface area contributed by atoms with E-state index in [-0.39, 0.29) is 5.75 Å². The Hall–Kier alpha value is -1.37. The normalized spacial score (nSPS) is 13.2. The van der Waals surface area contributed by atoms with Crippen LogP contribution in [0.15, 0.2) is 46.0 Å². The molecule has 4 nitrogen and oxygen atoms in total. The number of ether oxygens (including phenoxy) is 1. The average Bonchev–Trinajstić information content (AvgIpc) is 2.93. The minimum absolute atomic E-state index is 0.110. The van der Waals surface area contributed by atoms with Crippen molar-refractivity contribution >= 4 is 21.2 Å². The molecule has 1 aromatic carbocycles. The molecular formula is C13H15NO3S2. The molecule has 0 saturated carbocycles. The van der Waals surface area contributed by atoms with Crippen LogP contribution in [-0.4, -0.2) is 21.3 Å². The molecule has 2 rings (SSSR count). The molecule has 6 heteroatoms. The van der Waals surface area contributed by atoms with Crippen molar-refractivity contribution in [1.82, 2.24) is 0 Å². The molecule has 1 aromatic heterocycles. The zero-order valence-electron chi connectivity index (χ0n) is 10.4. The average molecular weight is 297 g/mol. The minimum atomic E-state index is -3.33. The van der Waals surface area contributed by atoms with Gasteiger partial charge in [-0.1, -0.05) is 18.2 Å². The van der Waals surface area contributed by atoms with Gasteiger partial charge in [-0.3, -0.25) is 0 Å². The molecule has 0 amide bonds. The van der Waals surface area contributed by atoms with E-state index in [1.165, 1.54) is 11.3 Å². The van der Waals surface area contributed by atoms with Crippen LogP contribution in [0.5, 0.6) is 5.75 Å². The molecular weight excluding hydrogens is 282 g/mol. The molecule has 2 N–H and O–H groups in total. The summed E-state index contributed by atoms with van der Waals surface area (Å²) in [4.78, 5) is 0. The Labute approximate surface area is 116 Å². The third kappa shape index (κ3) is 3.34. The molecule has 1 unspecified atom stereocenters. The molecule has 0 fully saturated rings. The van der Waals surface area contributed by atoms with Gasteiger partial charge in [0.25, 0.3) is 0 Å². The van der Waals surface area contributed by atoms with Gasteiger partial charge in [-0.15, -0.1) is 11.3 Å². The van der Waals surface area contributed by atoms with Gasteiger partial charge >= 0.3 is 0 Å². The highest BCUT2D eigenvalue weighted by Crippen LogP contribution is 2.23. The number of hydrogen-bond donors (Lipinski definition) is 1. The summed E-state index contributed by atoms with van der Waals surface area (Å²) < 4.78 is 29.7. The highest BCUT2D eigenvalue weighted by Gasteiger charge is 2.21. The summed E-state index contributed by atoms with van der Waals surface area (Å²) >= 11 is 1.21. The molecule has 2 aromatic rings. The smallest absolute Gasteiger partial charge is 0.189 e. The number of nitrogens with two attached hydrogens (primary N) is 1. The van der Waals surface area contributed by atoms with Crippen LogP contribution in [0, 0.1) is 0 Å². The van der Waals surface area contributed by atoms with Gasteiger partial charge in [-0.2, -0.15) is 0 Å². The van der Waals surface area contributed by atoms with Crippen LogP contribution in [-0.2, 0) is 9.84 Å². The molecule has 0 radical (unpaired) electrons. The van der Waals surface area contributed by atoms with E-state index in [0.717, 1.165) is 5.56 Å². The molecule has 102 valence electrons. The first-order valence-electron chi connectivity index (χ1n) is 5.69. The molecule has 0 saturated heterocycles. The van der Waals surface area contributed by atoms with Gasteiger partial charge in [-0.25, -0.2) is 8.42 Å². The van der Waals surface area contributed by atoms with Crippen molar-refractivity contribution in [3.63, 3.8) is 0 Å². The summed E-state index contributed by atoms with van der Waals surface area (Å²) in [5.74, 6) is 0.558. The summed E-state index contributed by atoms with van der Waals surface area (Å²) in [6, 6.07) is 9.90. The standard InChI is InChI=1S/C13H15NO3S2/c1-17-11-5-2-4-10(8-11)12(14)9-19(15,16)13-6-3-7-18-13/h2-8,12H,9,14H2,1H3. The maximum atomic E-state index is 12.1. The Morgan fingerprint density at radius 1 is 1.32 bits per heavy atom. The number of rotatable bonds is 5. The molecule has 19 heavy (non-hydrogen) atoms. The Balaban J connectivity index is 2.19. The maximum Gasteiger partial charge on any atom is 0.189 e. The monoisotopic (exact) mass is 297 g/mol. The van der Waals surface area contributed by atoms with Crippen molar-refractivity contribution in [3.05, 3.63) is 47.3 Å². The second-order valence-corrected chi connectivity index (χ2v) is 7.31. The maximum absolute atomic E-state index is 12.1. The number of benzene rings is 1. The Morgan fingerprint density at radius 2 is 2.11 bits per heavy atom. The van der Waals surface area contributed by atoms with Crippen LogP contribution in [0.2, 0.25) is 0 Å². The van der Waals surface area contributed by atoms with E-state index >= 15 is 0 Å². The van der Waals surface area contributed by atoms with Crippen molar-refractivity contribution in [2.75, 3.05) is 12.9 Å². The lowest BCUT2D eigenvalue weighted by Crippen LogP contribution is -2.21. The van der Waals surface area contributed by atoms with Crippen LogP contribution in [0.25, 0.3) is 0 Å². The predicted octanol–water partition coefficient (Wildman–Crippen LogP) is 2.23. The molecule has 0 aliphatic heterocycles. The zero-order valence-corrected chi connectivity index (χ0v) is 12.1. The van der Waals surface area contributed by atoms with Crippen LogP contribution >= 0.6 is 11.3 Å². The van der Waals surface area contributed by atoms with E-state index in [4.69, 9.17) is 10.5 Å².